The molecular formula is C14H20N2O2. The van der Waals surface area contributed by atoms with Gasteiger partial charge in [0.2, 0.25) is 5.91 Å². The Labute approximate surface area is 108 Å². The van der Waals surface area contributed by atoms with E-state index in [4.69, 9.17) is 10.5 Å². The number of amides is 1. The van der Waals surface area contributed by atoms with Gasteiger partial charge in [-0.3, -0.25) is 4.79 Å². The first-order valence-corrected chi connectivity index (χ1v) is 6.43. The van der Waals surface area contributed by atoms with Crippen LogP contribution in [0.3, 0.4) is 0 Å². The summed E-state index contributed by atoms with van der Waals surface area (Å²) in [5.41, 5.74) is 8.04. The van der Waals surface area contributed by atoms with E-state index < -0.39 is 0 Å². The third kappa shape index (κ3) is 3.55. The van der Waals surface area contributed by atoms with Crippen molar-refractivity contribution in [2.45, 2.75) is 25.3 Å². The Hall–Kier alpha value is -1.39. The molecule has 4 nitrogen and oxygen atoms in total. The van der Waals surface area contributed by atoms with E-state index in [1.54, 1.807) is 0 Å². The van der Waals surface area contributed by atoms with Crippen molar-refractivity contribution in [1.29, 1.82) is 0 Å². The summed E-state index contributed by atoms with van der Waals surface area (Å²) in [6.07, 6.45) is 2.95. The first-order valence-electron chi connectivity index (χ1n) is 6.43. The van der Waals surface area contributed by atoms with Gasteiger partial charge < -0.3 is 15.8 Å². The van der Waals surface area contributed by atoms with Crippen LogP contribution in [-0.4, -0.2) is 31.7 Å². The molecule has 0 aromatic heterocycles. The van der Waals surface area contributed by atoms with Gasteiger partial charge in [0.25, 0.3) is 0 Å². The molecule has 1 aromatic carbocycles. The second-order valence-corrected chi connectivity index (χ2v) is 4.62. The Morgan fingerprint density at radius 1 is 1.39 bits per heavy atom. The van der Waals surface area contributed by atoms with Gasteiger partial charge in [-0.25, -0.2) is 0 Å². The highest BCUT2D eigenvalue weighted by molar-refractivity contribution is 5.77. The predicted molar refractivity (Wildman–Crippen MR) is 70.3 cm³/mol. The Morgan fingerprint density at radius 3 is 2.94 bits per heavy atom. The molecule has 0 radical (unpaired) electrons. The molecule has 0 fully saturated rings. The predicted octanol–water partition coefficient (Wildman–Crippen LogP) is 0.635. The molecule has 1 aliphatic carbocycles. The molecule has 0 spiro atoms. The number of hydrogen-bond acceptors (Lipinski definition) is 3. The lowest BCUT2D eigenvalue weighted by atomic mass is 9.88. The molecule has 3 N–H and O–H groups in total. The van der Waals surface area contributed by atoms with Gasteiger partial charge in [0, 0.05) is 12.6 Å². The third-order valence-electron chi connectivity index (χ3n) is 3.21. The molecule has 18 heavy (non-hydrogen) atoms. The summed E-state index contributed by atoms with van der Waals surface area (Å²) in [5.74, 6) is -0.0483. The van der Waals surface area contributed by atoms with E-state index in [-0.39, 0.29) is 18.6 Å². The maximum Gasteiger partial charge on any atom is 0.246 e. The molecule has 1 aromatic rings. The maximum atomic E-state index is 11.6. The number of carbonyl (C=O) groups excluding carboxylic acids is 1. The Balaban J connectivity index is 1.80. The van der Waals surface area contributed by atoms with Crippen molar-refractivity contribution in [1.82, 2.24) is 5.32 Å². The molecule has 98 valence electrons. The number of benzene rings is 1. The monoisotopic (exact) mass is 248 g/mol. The van der Waals surface area contributed by atoms with Crippen molar-refractivity contribution < 1.29 is 9.53 Å². The lowest BCUT2D eigenvalue weighted by Gasteiger charge is -2.25. The molecule has 0 saturated heterocycles. The summed E-state index contributed by atoms with van der Waals surface area (Å²) in [5, 5.41) is 3.01. The molecule has 1 unspecified atom stereocenters. The lowest BCUT2D eigenvalue weighted by molar-refractivity contribution is -0.126. The Morgan fingerprint density at radius 2 is 2.17 bits per heavy atom. The number of hydrogen-bond donors (Lipinski definition) is 2. The number of fused-ring (bicyclic) bond motifs is 1. The van der Waals surface area contributed by atoms with E-state index in [9.17, 15) is 4.79 Å². The SMILES string of the molecule is NCCOCC(=O)NC1CCc2ccccc2C1. The van der Waals surface area contributed by atoms with Gasteiger partial charge in [-0.1, -0.05) is 24.3 Å². The minimum Gasteiger partial charge on any atom is -0.370 e. The molecule has 2 rings (SSSR count). The number of nitrogens with one attached hydrogen (secondary N) is 1. The van der Waals surface area contributed by atoms with E-state index >= 15 is 0 Å². The van der Waals surface area contributed by atoms with Crippen LogP contribution in [0.25, 0.3) is 0 Å². The highest BCUT2D eigenvalue weighted by Gasteiger charge is 2.19. The molecular weight excluding hydrogens is 228 g/mol. The smallest absolute Gasteiger partial charge is 0.246 e. The Bertz CT molecular complexity index is 407. The zero-order chi connectivity index (χ0) is 12.8. The van der Waals surface area contributed by atoms with E-state index in [1.165, 1.54) is 11.1 Å². The third-order valence-corrected chi connectivity index (χ3v) is 3.21. The van der Waals surface area contributed by atoms with E-state index in [2.05, 4.69) is 23.5 Å². The number of ether oxygens (including phenoxy) is 1. The molecule has 1 amide bonds. The molecule has 0 aliphatic heterocycles. The number of carbonyl (C=O) groups is 1. The molecule has 1 atom stereocenters. The largest absolute Gasteiger partial charge is 0.370 e. The van der Waals surface area contributed by atoms with Crippen molar-refractivity contribution >= 4 is 5.91 Å². The minimum absolute atomic E-state index is 0.0483. The average Bonchev–Trinajstić information content (AvgIpc) is 2.39. The first-order chi connectivity index (χ1) is 8.79. The van der Waals surface area contributed by atoms with Crippen molar-refractivity contribution in [2.24, 2.45) is 5.73 Å². The van der Waals surface area contributed by atoms with Crippen molar-refractivity contribution in [2.75, 3.05) is 19.8 Å². The van der Waals surface area contributed by atoms with Crippen LogP contribution in [0.15, 0.2) is 24.3 Å². The standard InChI is InChI=1S/C14H20N2O2/c15-7-8-18-10-14(17)16-13-6-5-11-3-1-2-4-12(11)9-13/h1-4,13H,5-10,15H2,(H,16,17). The van der Waals surface area contributed by atoms with Crippen LogP contribution in [0.4, 0.5) is 0 Å². The maximum absolute atomic E-state index is 11.6. The van der Waals surface area contributed by atoms with Crippen molar-refractivity contribution in [3.63, 3.8) is 0 Å². The second-order valence-electron chi connectivity index (χ2n) is 4.62. The minimum atomic E-state index is -0.0483. The summed E-state index contributed by atoms with van der Waals surface area (Å²) in [6, 6.07) is 8.65. The van der Waals surface area contributed by atoms with Crippen LogP contribution in [0.1, 0.15) is 17.5 Å². The molecule has 0 bridgehead atoms. The summed E-state index contributed by atoms with van der Waals surface area (Å²) in [7, 11) is 0. The highest BCUT2D eigenvalue weighted by atomic mass is 16.5. The van der Waals surface area contributed by atoms with Gasteiger partial charge in [0.1, 0.15) is 6.61 Å². The fourth-order valence-electron chi connectivity index (χ4n) is 2.34. The van der Waals surface area contributed by atoms with Crippen LogP contribution in [0.2, 0.25) is 0 Å². The number of rotatable bonds is 5. The van der Waals surface area contributed by atoms with Gasteiger partial charge in [0.15, 0.2) is 0 Å². The highest BCUT2D eigenvalue weighted by Crippen LogP contribution is 2.20. The van der Waals surface area contributed by atoms with Crippen LogP contribution in [-0.2, 0) is 22.4 Å². The zero-order valence-electron chi connectivity index (χ0n) is 10.5. The fourth-order valence-corrected chi connectivity index (χ4v) is 2.34. The van der Waals surface area contributed by atoms with E-state index in [0.29, 0.717) is 13.2 Å². The fraction of sp³-hybridized carbons (Fsp3) is 0.500. The molecule has 4 heteroatoms. The summed E-state index contributed by atoms with van der Waals surface area (Å²) >= 11 is 0. The number of nitrogens with two attached hydrogens (primary N) is 1. The van der Waals surface area contributed by atoms with E-state index in [1.807, 2.05) is 6.07 Å². The topological polar surface area (TPSA) is 64.3 Å². The second kappa shape index (κ2) is 6.52. The molecule has 0 heterocycles. The van der Waals surface area contributed by atoms with Crippen LogP contribution in [0.5, 0.6) is 0 Å². The van der Waals surface area contributed by atoms with Gasteiger partial charge >= 0.3 is 0 Å². The van der Waals surface area contributed by atoms with Gasteiger partial charge in [-0.15, -0.1) is 0 Å². The van der Waals surface area contributed by atoms with Crippen molar-refractivity contribution in [3.8, 4) is 0 Å². The first kappa shape index (κ1) is 13.1. The summed E-state index contributed by atoms with van der Waals surface area (Å²) in [4.78, 5) is 11.6. The lowest BCUT2D eigenvalue weighted by Crippen LogP contribution is -2.40. The quantitative estimate of drug-likeness (QED) is 0.751. The molecule has 1 aliphatic rings. The van der Waals surface area contributed by atoms with E-state index in [0.717, 1.165) is 19.3 Å². The zero-order valence-corrected chi connectivity index (χ0v) is 10.5. The summed E-state index contributed by atoms with van der Waals surface area (Å²) in [6.45, 7) is 0.986. The van der Waals surface area contributed by atoms with Crippen molar-refractivity contribution in [3.05, 3.63) is 35.4 Å². The van der Waals surface area contributed by atoms with Gasteiger partial charge in [-0.2, -0.15) is 0 Å². The van der Waals surface area contributed by atoms with Crippen LogP contribution in [0, 0.1) is 0 Å². The normalized spacial score (nSPS) is 18.2. The van der Waals surface area contributed by atoms with Crippen LogP contribution < -0.4 is 11.1 Å². The summed E-state index contributed by atoms with van der Waals surface area (Å²) < 4.78 is 5.12. The average molecular weight is 248 g/mol. The molecule has 0 saturated carbocycles. The van der Waals surface area contributed by atoms with Gasteiger partial charge in [-0.05, 0) is 30.4 Å². The van der Waals surface area contributed by atoms with Crippen LogP contribution >= 0.6 is 0 Å². The number of aryl methyl sites for hydroxylation is 1. The Kier molecular flexibility index (Phi) is 4.73. The van der Waals surface area contributed by atoms with Gasteiger partial charge in [0.05, 0.1) is 6.61 Å².